The number of hydrogen-bond acceptors (Lipinski definition) is 5. The van der Waals surface area contributed by atoms with Crippen molar-refractivity contribution in [2.75, 3.05) is 25.2 Å². The second kappa shape index (κ2) is 7.42. The number of pyridine rings is 1. The lowest BCUT2D eigenvalue weighted by Gasteiger charge is -2.36. The number of hydrogen-bond donors (Lipinski definition) is 1. The van der Waals surface area contributed by atoms with Crippen LogP contribution in [0.5, 0.6) is 5.75 Å². The topological polar surface area (TPSA) is 72.8 Å². The molecule has 0 fully saturated rings. The molecule has 1 aromatic heterocycles. The summed E-state index contributed by atoms with van der Waals surface area (Å²) in [6, 6.07) is 1.41. The lowest BCUT2D eigenvalue weighted by molar-refractivity contribution is 0.0647. The molecule has 0 saturated heterocycles. The summed E-state index contributed by atoms with van der Waals surface area (Å²) in [5, 5.41) is 0. The van der Waals surface area contributed by atoms with E-state index >= 15 is 0 Å². The molecule has 1 atom stereocenters. The number of unbranched alkanes of at least 4 members (excludes halogenated alkanes) is 3. The van der Waals surface area contributed by atoms with Crippen LogP contribution in [0.25, 0.3) is 0 Å². The molecule has 7 heteroatoms. The molecule has 130 valence electrons. The smallest absolute Gasteiger partial charge is 0.278 e. The van der Waals surface area contributed by atoms with Gasteiger partial charge in [-0.25, -0.2) is 0 Å². The minimum atomic E-state index is -0.299. The van der Waals surface area contributed by atoms with E-state index in [0.717, 1.165) is 25.7 Å². The highest BCUT2D eigenvalue weighted by molar-refractivity contribution is 5.96. The van der Waals surface area contributed by atoms with Crippen LogP contribution in [-0.2, 0) is 4.74 Å². The number of aromatic nitrogens is 1. The van der Waals surface area contributed by atoms with Crippen molar-refractivity contribution < 1.29 is 14.3 Å². The highest BCUT2D eigenvalue weighted by Gasteiger charge is 2.34. The predicted octanol–water partition coefficient (Wildman–Crippen LogP) is 1.68. The van der Waals surface area contributed by atoms with Crippen LogP contribution < -0.4 is 15.6 Å². The number of nitrogens with zero attached hydrogens (tertiary/aromatic N) is 2. The summed E-state index contributed by atoms with van der Waals surface area (Å²) in [6.07, 6.45) is 8.82. The quantitative estimate of drug-likeness (QED) is 0.802. The monoisotopic (exact) mass is 333 g/mol. The minimum Gasteiger partial charge on any atom is -0.500 e. The number of carbonyl (C=O) groups is 1. The van der Waals surface area contributed by atoms with Crippen molar-refractivity contribution in [1.29, 1.82) is 0 Å². The molecule has 0 aromatic carbocycles. The van der Waals surface area contributed by atoms with Crippen LogP contribution in [0.3, 0.4) is 0 Å². The number of fused-ring (bicyclic) bond motifs is 2. The van der Waals surface area contributed by atoms with Gasteiger partial charge in [-0.05, 0) is 12.5 Å². The zero-order valence-electron chi connectivity index (χ0n) is 13.9. The number of carbonyl (C=O) groups excluding carboxylic acids is 1. The van der Waals surface area contributed by atoms with Crippen LogP contribution in [0.2, 0.25) is 0 Å². The zero-order valence-corrected chi connectivity index (χ0v) is 13.9. The first-order valence-corrected chi connectivity index (χ1v) is 8.46. The van der Waals surface area contributed by atoms with Gasteiger partial charge in [0.15, 0.2) is 11.4 Å². The van der Waals surface area contributed by atoms with Gasteiger partial charge in [-0.2, -0.15) is 0 Å². The normalized spacial score (nSPS) is 19.0. The van der Waals surface area contributed by atoms with Gasteiger partial charge in [0.1, 0.15) is 12.8 Å². The molecular formula is C17H23N3O4. The van der Waals surface area contributed by atoms with Crippen molar-refractivity contribution in [3.63, 3.8) is 0 Å². The third-order valence-electron chi connectivity index (χ3n) is 4.18. The predicted molar refractivity (Wildman–Crippen MR) is 89.6 cm³/mol. The van der Waals surface area contributed by atoms with Gasteiger partial charge in [0.25, 0.3) is 5.91 Å². The Kier molecular flexibility index (Phi) is 5.08. The van der Waals surface area contributed by atoms with Gasteiger partial charge in [0, 0.05) is 12.3 Å². The second-order valence-corrected chi connectivity index (χ2v) is 5.91. The molecule has 0 bridgehead atoms. The number of ether oxygens (including phenoxy) is 2. The van der Waals surface area contributed by atoms with Gasteiger partial charge >= 0.3 is 0 Å². The van der Waals surface area contributed by atoms with Gasteiger partial charge < -0.3 is 14.4 Å². The lowest BCUT2D eigenvalue weighted by Crippen LogP contribution is -2.53. The average molecular weight is 333 g/mol. The highest BCUT2D eigenvalue weighted by atomic mass is 16.5. The molecule has 0 saturated carbocycles. The Labute approximate surface area is 140 Å². The van der Waals surface area contributed by atoms with Crippen molar-refractivity contribution in [1.82, 2.24) is 9.58 Å². The molecule has 0 aliphatic carbocycles. The van der Waals surface area contributed by atoms with E-state index in [-0.39, 0.29) is 28.9 Å². The molecule has 0 unspecified atom stereocenters. The second-order valence-electron chi connectivity index (χ2n) is 5.91. The molecule has 3 rings (SSSR count). The van der Waals surface area contributed by atoms with Crippen molar-refractivity contribution in [2.24, 2.45) is 0 Å². The van der Waals surface area contributed by atoms with Crippen LogP contribution in [-0.4, -0.2) is 41.4 Å². The Morgan fingerprint density at radius 2 is 2.21 bits per heavy atom. The van der Waals surface area contributed by atoms with E-state index in [9.17, 15) is 9.59 Å². The molecule has 0 radical (unpaired) electrons. The van der Waals surface area contributed by atoms with Crippen LogP contribution in [0.4, 0.5) is 0 Å². The van der Waals surface area contributed by atoms with Crippen LogP contribution >= 0.6 is 0 Å². The van der Waals surface area contributed by atoms with Gasteiger partial charge in [0.2, 0.25) is 5.43 Å². The van der Waals surface area contributed by atoms with E-state index in [2.05, 4.69) is 12.3 Å². The first-order chi connectivity index (χ1) is 11.7. The number of amides is 1. The molecule has 7 nitrogen and oxygen atoms in total. The highest BCUT2D eigenvalue weighted by Crippen LogP contribution is 2.22. The van der Waals surface area contributed by atoms with Gasteiger partial charge in [0.05, 0.1) is 19.4 Å². The zero-order chi connectivity index (χ0) is 16.9. The van der Waals surface area contributed by atoms with Crippen molar-refractivity contribution in [2.45, 2.75) is 38.8 Å². The first kappa shape index (κ1) is 16.4. The number of rotatable bonds is 6. The van der Waals surface area contributed by atoms with Crippen molar-refractivity contribution >= 4 is 5.91 Å². The van der Waals surface area contributed by atoms with Crippen LogP contribution in [0.1, 0.15) is 43.1 Å². The van der Waals surface area contributed by atoms with Gasteiger partial charge in [-0.1, -0.05) is 26.2 Å². The SMILES string of the molecule is CCCCCCOc1c2n(ccc1=O)N[C@@H]1C=COCCN1C2=O. The third-order valence-corrected chi connectivity index (χ3v) is 4.18. The summed E-state index contributed by atoms with van der Waals surface area (Å²) in [5.74, 6) is -0.103. The summed E-state index contributed by atoms with van der Waals surface area (Å²) in [6.45, 7) is 3.44. The Morgan fingerprint density at radius 1 is 1.33 bits per heavy atom. The Morgan fingerprint density at radius 3 is 3.04 bits per heavy atom. The van der Waals surface area contributed by atoms with E-state index in [4.69, 9.17) is 9.47 Å². The Hall–Kier alpha value is -2.44. The molecule has 2 aliphatic heterocycles. The van der Waals surface area contributed by atoms with E-state index in [1.807, 2.05) is 0 Å². The maximum atomic E-state index is 12.9. The van der Waals surface area contributed by atoms with E-state index < -0.39 is 0 Å². The molecule has 0 spiro atoms. The summed E-state index contributed by atoms with van der Waals surface area (Å²) in [5.41, 5.74) is 3.17. The van der Waals surface area contributed by atoms with Crippen molar-refractivity contribution in [3.05, 3.63) is 40.5 Å². The van der Waals surface area contributed by atoms with Crippen LogP contribution in [0.15, 0.2) is 29.4 Å². The van der Waals surface area contributed by atoms with Gasteiger partial charge in [-0.3, -0.25) is 19.7 Å². The largest absolute Gasteiger partial charge is 0.500 e. The molecule has 1 N–H and O–H groups in total. The third kappa shape index (κ3) is 3.25. The van der Waals surface area contributed by atoms with E-state index in [1.165, 1.54) is 6.07 Å². The lowest BCUT2D eigenvalue weighted by atomic mass is 10.2. The maximum absolute atomic E-state index is 12.9. The summed E-state index contributed by atoms with van der Waals surface area (Å²) in [4.78, 5) is 26.7. The molecule has 2 aliphatic rings. The molecule has 1 amide bonds. The fraction of sp³-hybridized carbons (Fsp3) is 0.529. The standard InChI is InChI=1S/C17H23N3O4/c1-2-3-4-5-10-24-16-13(21)6-8-20-15(16)17(22)19-9-12-23-11-7-14(19)18-20/h6-8,11,14,18H,2-5,9-10,12H2,1H3/t14-/m0/s1. The summed E-state index contributed by atoms with van der Waals surface area (Å²) < 4.78 is 12.5. The molecule has 1 aromatic rings. The molecule has 3 heterocycles. The van der Waals surface area contributed by atoms with Crippen LogP contribution in [0, 0.1) is 0 Å². The fourth-order valence-electron chi connectivity index (χ4n) is 2.88. The Bertz CT molecular complexity index is 683. The minimum absolute atomic E-state index is 0.124. The summed E-state index contributed by atoms with van der Waals surface area (Å²) >= 11 is 0. The van der Waals surface area contributed by atoms with Gasteiger partial charge in [-0.15, -0.1) is 0 Å². The average Bonchev–Trinajstić information content (AvgIpc) is 2.82. The Balaban J connectivity index is 1.84. The fourth-order valence-corrected chi connectivity index (χ4v) is 2.88. The number of nitrogens with one attached hydrogen (secondary N) is 1. The summed E-state index contributed by atoms with van der Waals surface area (Å²) in [7, 11) is 0. The van der Waals surface area contributed by atoms with Crippen molar-refractivity contribution in [3.8, 4) is 5.75 Å². The van der Waals surface area contributed by atoms with E-state index in [0.29, 0.717) is 19.8 Å². The molecule has 24 heavy (non-hydrogen) atoms. The maximum Gasteiger partial charge on any atom is 0.278 e. The first-order valence-electron chi connectivity index (χ1n) is 8.46. The van der Waals surface area contributed by atoms with E-state index in [1.54, 1.807) is 28.1 Å². The molecular weight excluding hydrogens is 310 g/mol.